The Balaban J connectivity index is 2.85. The van der Waals surface area contributed by atoms with Crippen LogP contribution in [0.2, 0.25) is 5.02 Å². The molecule has 1 rings (SSSR count). The van der Waals surface area contributed by atoms with Gasteiger partial charge in [-0.1, -0.05) is 34.5 Å². The zero-order chi connectivity index (χ0) is 12.1. The number of nitriles is 1. The molecule has 1 atom stereocenters. The number of hydrogen-bond acceptors (Lipinski definition) is 2. The topological polar surface area (TPSA) is 52.9 Å². The van der Waals surface area contributed by atoms with Gasteiger partial charge in [-0.3, -0.25) is 4.79 Å². The fourth-order valence-electron chi connectivity index (χ4n) is 1.15. The van der Waals surface area contributed by atoms with E-state index in [9.17, 15) is 4.79 Å². The molecule has 0 aromatic heterocycles. The highest BCUT2D eigenvalue weighted by Gasteiger charge is 2.16. The Morgan fingerprint density at radius 2 is 2.38 bits per heavy atom. The maximum Gasteiger partial charge on any atom is 0.241 e. The Bertz CT molecular complexity index is 442. The van der Waals surface area contributed by atoms with Crippen LogP contribution >= 0.6 is 27.5 Å². The molecular formula is C11H10BrClN2O. The maximum absolute atomic E-state index is 11.6. The van der Waals surface area contributed by atoms with E-state index < -0.39 is 5.92 Å². The summed E-state index contributed by atoms with van der Waals surface area (Å²) in [5.74, 6) is -0.972. The highest BCUT2D eigenvalue weighted by Crippen LogP contribution is 2.26. The number of nitrogens with zero attached hydrogens (tertiary/aromatic N) is 1. The van der Waals surface area contributed by atoms with E-state index >= 15 is 0 Å². The summed E-state index contributed by atoms with van der Waals surface area (Å²) in [5.41, 5.74) is 0.509. The summed E-state index contributed by atoms with van der Waals surface area (Å²) in [7, 11) is 0. The van der Waals surface area contributed by atoms with E-state index in [1.165, 1.54) is 0 Å². The van der Waals surface area contributed by atoms with Crippen LogP contribution < -0.4 is 5.32 Å². The Hall–Kier alpha value is -1.05. The zero-order valence-corrected chi connectivity index (χ0v) is 11.0. The van der Waals surface area contributed by atoms with Gasteiger partial charge in [0.15, 0.2) is 0 Å². The molecule has 0 saturated carbocycles. The Kier molecular flexibility index (Phi) is 4.78. The Labute approximate surface area is 108 Å². The van der Waals surface area contributed by atoms with E-state index in [1.54, 1.807) is 25.1 Å². The van der Waals surface area contributed by atoms with Crippen molar-refractivity contribution in [2.75, 3.05) is 5.32 Å². The van der Waals surface area contributed by atoms with Gasteiger partial charge in [0.05, 0.1) is 16.8 Å². The van der Waals surface area contributed by atoms with Gasteiger partial charge in [0, 0.05) is 4.47 Å². The van der Waals surface area contributed by atoms with Crippen molar-refractivity contribution in [2.45, 2.75) is 13.3 Å². The van der Waals surface area contributed by atoms with Crippen molar-refractivity contribution in [3.05, 3.63) is 27.7 Å². The fraction of sp³-hybridized carbons (Fsp3) is 0.273. The summed E-state index contributed by atoms with van der Waals surface area (Å²) in [4.78, 5) is 11.6. The van der Waals surface area contributed by atoms with Gasteiger partial charge < -0.3 is 5.32 Å². The zero-order valence-electron chi connectivity index (χ0n) is 8.63. The maximum atomic E-state index is 11.6. The van der Waals surface area contributed by atoms with Crippen molar-refractivity contribution in [3.63, 3.8) is 0 Å². The number of carbonyl (C=O) groups is 1. The SMILES string of the molecule is CCC(C#N)C(=O)Nc1cc(Br)ccc1Cl. The van der Waals surface area contributed by atoms with E-state index in [4.69, 9.17) is 16.9 Å². The van der Waals surface area contributed by atoms with Crippen molar-refractivity contribution in [2.24, 2.45) is 5.92 Å². The molecule has 84 valence electrons. The summed E-state index contributed by atoms with van der Waals surface area (Å²) in [5, 5.41) is 11.8. The first kappa shape index (κ1) is 13.0. The molecule has 0 radical (unpaired) electrons. The Morgan fingerprint density at radius 3 is 2.94 bits per heavy atom. The molecule has 0 aliphatic heterocycles. The van der Waals surface area contributed by atoms with Crippen LogP contribution in [0.3, 0.4) is 0 Å². The molecule has 1 aromatic rings. The minimum atomic E-state index is -0.643. The minimum absolute atomic E-state index is 0.329. The van der Waals surface area contributed by atoms with E-state index in [2.05, 4.69) is 21.2 Å². The molecule has 1 aromatic carbocycles. The van der Waals surface area contributed by atoms with Crippen LogP contribution in [0.15, 0.2) is 22.7 Å². The second-order valence-electron chi connectivity index (χ2n) is 3.20. The third-order valence-electron chi connectivity index (χ3n) is 2.07. The van der Waals surface area contributed by atoms with E-state index in [0.29, 0.717) is 17.1 Å². The molecule has 0 fully saturated rings. The van der Waals surface area contributed by atoms with Gasteiger partial charge in [-0.25, -0.2) is 0 Å². The summed E-state index contributed by atoms with van der Waals surface area (Å²) in [6.45, 7) is 1.79. The van der Waals surface area contributed by atoms with E-state index in [1.807, 2.05) is 6.07 Å². The van der Waals surface area contributed by atoms with Crippen LogP contribution in [0.4, 0.5) is 5.69 Å². The first-order valence-corrected chi connectivity index (χ1v) is 5.91. The average molecular weight is 302 g/mol. The number of anilines is 1. The van der Waals surface area contributed by atoms with Crippen molar-refractivity contribution < 1.29 is 4.79 Å². The summed E-state index contributed by atoms with van der Waals surface area (Å²) < 4.78 is 0.817. The second-order valence-corrected chi connectivity index (χ2v) is 4.53. The number of carbonyl (C=O) groups excluding carboxylic acids is 1. The average Bonchev–Trinajstić information content (AvgIpc) is 2.25. The van der Waals surface area contributed by atoms with Crippen LogP contribution in [-0.4, -0.2) is 5.91 Å². The van der Waals surface area contributed by atoms with Gasteiger partial charge in [-0.2, -0.15) is 5.26 Å². The van der Waals surface area contributed by atoms with E-state index in [0.717, 1.165) is 4.47 Å². The quantitative estimate of drug-likeness (QED) is 0.927. The molecule has 1 N–H and O–H groups in total. The smallest absolute Gasteiger partial charge is 0.241 e. The number of halogens is 2. The molecule has 0 saturated heterocycles. The molecule has 1 unspecified atom stereocenters. The lowest BCUT2D eigenvalue weighted by Gasteiger charge is -2.09. The van der Waals surface area contributed by atoms with Crippen molar-refractivity contribution in [1.82, 2.24) is 0 Å². The van der Waals surface area contributed by atoms with Crippen molar-refractivity contribution >= 4 is 39.1 Å². The number of benzene rings is 1. The predicted molar refractivity (Wildman–Crippen MR) is 67.2 cm³/mol. The predicted octanol–water partition coefficient (Wildman–Crippen LogP) is 3.59. The molecule has 5 heteroatoms. The molecule has 16 heavy (non-hydrogen) atoms. The molecular weight excluding hydrogens is 291 g/mol. The lowest BCUT2D eigenvalue weighted by atomic mass is 10.1. The minimum Gasteiger partial charge on any atom is -0.324 e. The summed E-state index contributed by atoms with van der Waals surface area (Å²) in [6.07, 6.45) is 0.480. The van der Waals surface area contributed by atoms with Gasteiger partial charge >= 0.3 is 0 Å². The van der Waals surface area contributed by atoms with E-state index in [-0.39, 0.29) is 5.91 Å². The standard InChI is InChI=1S/C11H10BrClN2O/c1-2-7(6-14)11(16)15-10-5-8(12)3-4-9(10)13/h3-5,7H,2H2,1H3,(H,15,16). The fourth-order valence-corrected chi connectivity index (χ4v) is 1.67. The lowest BCUT2D eigenvalue weighted by molar-refractivity contribution is -0.118. The third-order valence-corrected chi connectivity index (χ3v) is 2.89. The second kappa shape index (κ2) is 5.88. The van der Waals surface area contributed by atoms with Crippen LogP contribution in [0.25, 0.3) is 0 Å². The Morgan fingerprint density at radius 1 is 1.69 bits per heavy atom. The first-order chi connectivity index (χ1) is 7.58. The lowest BCUT2D eigenvalue weighted by Crippen LogP contribution is -2.21. The van der Waals surface area contributed by atoms with Gasteiger partial charge in [0.25, 0.3) is 0 Å². The van der Waals surface area contributed by atoms with Crippen molar-refractivity contribution in [3.8, 4) is 6.07 Å². The number of hydrogen-bond donors (Lipinski definition) is 1. The largest absolute Gasteiger partial charge is 0.324 e. The van der Waals surface area contributed by atoms with Gasteiger partial charge in [-0.05, 0) is 24.6 Å². The molecule has 0 spiro atoms. The number of rotatable bonds is 3. The molecule has 0 heterocycles. The van der Waals surface area contributed by atoms with Crippen molar-refractivity contribution in [1.29, 1.82) is 5.26 Å². The molecule has 1 amide bonds. The highest BCUT2D eigenvalue weighted by atomic mass is 79.9. The molecule has 0 aliphatic carbocycles. The third kappa shape index (κ3) is 3.22. The molecule has 3 nitrogen and oxygen atoms in total. The van der Waals surface area contributed by atoms with Gasteiger partial charge in [-0.15, -0.1) is 0 Å². The van der Waals surface area contributed by atoms with Crippen LogP contribution in [0.5, 0.6) is 0 Å². The van der Waals surface area contributed by atoms with Crippen LogP contribution in [0, 0.1) is 17.2 Å². The van der Waals surface area contributed by atoms with Crippen LogP contribution in [0.1, 0.15) is 13.3 Å². The number of nitrogens with one attached hydrogen (secondary N) is 1. The monoisotopic (exact) mass is 300 g/mol. The first-order valence-electron chi connectivity index (χ1n) is 4.74. The normalized spacial score (nSPS) is 11.6. The van der Waals surface area contributed by atoms with Gasteiger partial charge in [0.1, 0.15) is 5.92 Å². The molecule has 0 bridgehead atoms. The summed E-state index contributed by atoms with van der Waals surface area (Å²) in [6, 6.07) is 7.09. The van der Waals surface area contributed by atoms with Crippen LogP contribution in [-0.2, 0) is 4.79 Å². The summed E-state index contributed by atoms with van der Waals surface area (Å²) >= 11 is 9.20. The highest BCUT2D eigenvalue weighted by molar-refractivity contribution is 9.10. The molecule has 0 aliphatic rings. The number of amides is 1. The van der Waals surface area contributed by atoms with Gasteiger partial charge in [0.2, 0.25) is 5.91 Å².